The highest BCUT2D eigenvalue weighted by molar-refractivity contribution is 6.29. The summed E-state index contributed by atoms with van der Waals surface area (Å²) in [6.45, 7) is -0.335. The first-order valence-electron chi connectivity index (χ1n) is 6.26. The molecule has 0 saturated carbocycles. The van der Waals surface area contributed by atoms with Crippen molar-refractivity contribution in [3.63, 3.8) is 0 Å². The molecular weight excluding hydrogens is 308 g/mol. The molecule has 0 spiro atoms. The summed E-state index contributed by atoms with van der Waals surface area (Å²) in [5.41, 5.74) is 0.329. The van der Waals surface area contributed by atoms with Gasteiger partial charge in [0.2, 0.25) is 0 Å². The van der Waals surface area contributed by atoms with E-state index in [1.807, 2.05) is 0 Å². The first kappa shape index (κ1) is 14.2. The van der Waals surface area contributed by atoms with Crippen LogP contribution in [0.1, 0.15) is 10.4 Å². The van der Waals surface area contributed by atoms with Crippen LogP contribution < -0.4 is 5.56 Å². The number of pyridine rings is 1. The van der Waals surface area contributed by atoms with E-state index in [0.717, 1.165) is 4.68 Å². The van der Waals surface area contributed by atoms with Crippen molar-refractivity contribution in [3.05, 3.63) is 63.7 Å². The second kappa shape index (κ2) is 5.90. The predicted octanol–water partition coefficient (Wildman–Crippen LogP) is 1.65. The molecule has 22 heavy (non-hydrogen) atoms. The van der Waals surface area contributed by atoms with Crippen molar-refractivity contribution < 1.29 is 9.53 Å². The minimum absolute atomic E-state index is 0.228. The zero-order valence-electron chi connectivity index (χ0n) is 11.1. The number of carbonyl (C=O) groups excluding carboxylic acids is 1. The number of rotatable bonds is 3. The number of carbonyl (C=O) groups is 1. The summed E-state index contributed by atoms with van der Waals surface area (Å²) in [4.78, 5) is 27.8. The maximum Gasteiger partial charge on any atom is 0.341 e. The van der Waals surface area contributed by atoms with Crippen molar-refractivity contribution in [2.45, 2.75) is 6.73 Å². The molecule has 7 nitrogen and oxygen atoms in total. The number of halogens is 1. The zero-order valence-corrected chi connectivity index (χ0v) is 11.9. The number of esters is 1. The molecule has 0 atom stereocenters. The van der Waals surface area contributed by atoms with Gasteiger partial charge in [-0.15, -0.1) is 5.10 Å². The molecule has 3 aromatic rings. The van der Waals surface area contributed by atoms with Gasteiger partial charge in [0.25, 0.3) is 5.56 Å². The van der Waals surface area contributed by atoms with E-state index in [0.29, 0.717) is 10.9 Å². The van der Waals surface area contributed by atoms with Crippen LogP contribution in [0.15, 0.2) is 47.4 Å². The maximum absolute atomic E-state index is 12.2. The van der Waals surface area contributed by atoms with Gasteiger partial charge in [-0.3, -0.25) is 4.79 Å². The van der Waals surface area contributed by atoms with Gasteiger partial charge in [0.1, 0.15) is 10.7 Å². The molecule has 2 aromatic heterocycles. The van der Waals surface area contributed by atoms with Crippen molar-refractivity contribution in [3.8, 4) is 0 Å². The molecule has 2 heterocycles. The molecule has 0 fully saturated rings. The minimum atomic E-state index is -0.633. The van der Waals surface area contributed by atoms with Crippen LogP contribution in [0.4, 0.5) is 0 Å². The van der Waals surface area contributed by atoms with Gasteiger partial charge in [-0.2, -0.15) is 4.68 Å². The number of aromatic nitrogens is 4. The van der Waals surface area contributed by atoms with Gasteiger partial charge >= 0.3 is 5.97 Å². The lowest BCUT2D eigenvalue weighted by Crippen LogP contribution is -2.26. The predicted molar refractivity (Wildman–Crippen MR) is 78.5 cm³/mol. The third-order valence-electron chi connectivity index (χ3n) is 2.91. The number of ether oxygens (including phenoxy) is 1. The summed E-state index contributed by atoms with van der Waals surface area (Å²) in [6, 6.07) is 9.75. The summed E-state index contributed by atoms with van der Waals surface area (Å²) >= 11 is 5.64. The molecule has 0 amide bonds. The van der Waals surface area contributed by atoms with Gasteiger partial charge in [0.05, 0.1) is 10.9 Å². The average molecular weight is 317 g/mol. The summed E-state index contributed by atoms with van der Waals surface area (Å²) in [6.07, 6.45) is 1.29. The topological polar surface area (TPSA) is 87.0 Å². The summed E-state index contributed by atoms with van der Waals surface area (Å²) in [5.74, 6) is -0.633. The Labute approximate surface area is 129 Å². The van der Waals surface area contributed by atoms with Crippen molar-refractivity contribution in [1.29, 1.82) is 0 Å². The van der Waals surface area contributed by atoms with Gasteiger partial charge in [0, 0.05) is 6.20 Å². The number of nitrogens with zero attached hydrogens (tertiary/aromatic N) is 4. The molecule has 0 unspecified atom stereocenters. The van der Waals surface area contributed by atoms with Crippen LogP contribution in [0.3, 0.4) is 0 Å². The van der Waals surface area contributed by atoms with Crippen molar-refractivity contribution in [1.82, 2.24) is 20.0 Å². The second-order valence-corrected chi connectivity index (χ2v) is 4.73. The maximum atomic E-state index is 12.2. The SMILES string of the molecule is O=C(OCn1nnc2ccccc2c1=O)c1ccc(Cl)nc1. The van der Waals surface area contributed by atoms with E-state index in [1.165, 1.54) is 18.3 Å². The first-order chi connectivity index (χ1) is 10.6. The van der Waals surface area contributed by atoms with Crippen LogP contribution in [-0.2, 0) is 11.5 Å². The highest BCUT2D eigenvalue weighted by atomic mass is 35.5. The van der Waals surface area contributed by atoms with Crippen molar-refractivity contribution in [2.75, 3.05) is 0 Å². The van der Waals surface area contributed by atoms with Gasteiger partial charge < -0.3 is 4.74 Å². The van der Waals surface area contributed by atoms with E-state index < -0.39 is 5.97 Å². The molecule has 0 N–H and O–H groups in total. The largest absolute Gasteiger partial charge is 0.438 e. The van der Waals surface area contributed by atoms with Gasteiger partial charge in [-0.1, -0.05) is 28.9 Å². The molecule has 0 aliphatic rings. The Balaban J connectivity index is 1.79. The van der Waals surface area contributed by atoms with E-state index in [4.69, 9.17) is 16.3 Å². The third-order valence-corrected chi connectivity index (χ3v) is 3.13. The lowest BCUT2D eigenvalue weighted by Gasteiger charge is -2.06. The molecule has 3 rings (SSSR count). The van der Waals surface area contributed by atoms with Crippen molar-refractivity contribution in [2.24, 2.45) is 0 Å². The van der Waals surface area contributed by atoms with E-state index in [2.05, 4.69) is 15.3 Å². The highest BCUT2D eigenvalue weighted by Gasteiger charge is 2.10. The number of fused-ring (bicyclic) bond motifs is 1. The molecule has 0 saturated heterocycles. The fourth-order valence-electron chi connectivity index (χ4n) is 1.81. The Hall–Kier alpha value is -2.80. The van der Waals surface area contributed by atoms with E-state index in [-0.39, 0.29) is 23.0 Å². The molecule has 1 aromatic carbocycles. The Bertz CT molecular complexity index is 892. The Morgan fingerprint density at radius 3 is 2.82 bits per heavy atom. The van der Waals surface area contributed by atoms with Gasteiger partial charge in [-0.05, 0) is 24.3 Å². The summed E-state index contributed by atoms with van der Waals surface area (Å²) < 4.78 is 6.00. The summed E-state index contributed by atoms with van der Waals surface area (Å²) in [5, 5.41) is 8.30. The quantitative estimate of drug-likeness (QED) is 0.539. The van der Waals surface area contributed by atoms with Crippen LogP contribution in [-0.4, -0.2) is 25.9 Å². The smallest absolute Gasteiger partial charge is 0.341 e. The van der Waals surface area contributed by atoms with Crippen LogP contribution in [0.2, 0.25) is 5.15 Å². The monoisotopic (exact) mass is 316 g/mol. The van der Waals surface area contributed by atoms with Crippen LogP contribution in [0, 0.1) is 0 Å². The van der Waals surface area contributed by atoms with Crippen LogP contribution in [0.5, 0.6) is 0 Å². The fourth-order valence-corrected chi connectivity index (χ4v) is 1.92. The fraction of sp³-hybridized carbons (Fsp3) is 0.0714. The number of benzene rings is 1. The Kier molecular flexibility index (Phi) is 3.80. The lowest BCUT2D eigenvalue weighted by molar-refractivity contribution is 0.0335. The van der Waals surface area contributed by atoms with Crippen LogP contribution >= 0.6 is 11.6 Å². The summed E-state index contributed by atoms with van der Waals surface area (Å²) in [7, 11) is 0. The normalized spacial score (nSPS) is 10.6. The number of hydrogen-bond acceptors (Lipinski definition) is 6. The molecule has 0 aliphatic carbocycles. The van der Waals surface area contributed by atoms with Crippen LogP contribution in [0.25, 0.3) is 10.9 Å². The lowest BCUT2D eigenvalue weighted by atomic mass is 10.2. The third kappa shape index (κ3) is 2.79. The minimum Gasteiger partial charge on any atom is -0.438 e. The van der Waals surface area contributed by atoms with Gasteiger partial charge in [0.15, 0.2) is 6.73 Å². The standard InChI is InChI=1S/C14H9ClN4O3/c15-12-6-5-9(7-16-12)14(21)22-8-19-13(20)10-3-1-2-4-11(10)17-18-19/h1-7H,8H2. The molecule has 8 heteroatoms. The van der Waals surface area contributed by atoms with Crippen molar-refractivity contribution >= 4 is 28.5 Å². The molecule has 0 aliphatic heterocycles. The second-order valence-electron chi connectivity index (χ2n) is 4.34. The zero-order chi connectivity index (χ0) is 15.5. The van der Waals surface area contributed by atoms with E-state index in [1.54, 1.807) is 24.3 Å². The van der Waals surface area contributed by atoms with E-state index in [9.17, 15) is 9.59 Å². The highest BCUT2D eigenvalue weighted by Crippen LogP contribution is 2.07. The van der Waals surface area contributed by atoms with Gasteiger partial charge in [-0.25, -0.2) is 9.78 Å². The average Bonchev–Trinajstić information content (AvgIpc) is 2.55. The molecule has 110 valence electrons. The first-order valence-corrected chi connectivity index (χ1v) is 6.64. The Morgan fingerprint density at radius 2 is 2.05 bits per heavy atom. The molecular formula is C14H9ClN4O3. The Morgan fingerprint density at radius 1 is 1.23 bits per heavy atom. The molecule has 0 bridgehead atoms. The van der Waals surface area contributed by atoms with E-state index >= 15 is 0 Å². The molecule has 0 radical (unpaired) electrons. The number of hydrogen-bond donors (Lipinski definition) is 0.